The first-order chi connectivity index (χ1) is 15.5. The molecule has 1 saturated heterocycles. The number of amides is 2. The van der Waals surface area contributed by atoms with Crippen LogP contribution >= 0.6 is 11.6 Å². The molecule has 6 nitrogen and oxygen atoms in total. The number of halogens is 2. The smallest absolute Gasteiger partial charge is 0.255 e. The number of ether oxygens (including phenoxy) is 1. The second-order valence-electron chi connectivity index (χ2n) is 7.39. The Morgan fingerprint density at radius 3 is 2.41 bits per heavy atom. The van der Waals surface area contributed by atoms with Crippen LogP contribution in [0.4, 0.5) is 4.39 Å². The van der Waals surface area contributed by atoms with Crippen LogP contribution in [0.1, 0.15) is 26.3 Å². The molecule has 0 atom stereocenters. The summed E-state index contributed by atoms with van der Waals surface area (Å²) in [6.07, 6.45) is 3.43. The highest BCUT2D eigenvalue weighted by molar-refractivity contribution is 6.33. The van der Waals surface area contributed by atoms with E-state index in [-0.39, 0.29) is 22.4 Å². The van der Waals surface area contributed by atoms with Crippen LogP contribution < -0.4 is 4.74 Å². The third-order valence-electron chi connectivity index (χ3n) is 5.22. The van der Waals surface area contributed by atoms with Crippen molar-refractivity contribution in [1.29, 1.82) is 0 Å². The van der Waals surface area contributed by atoms with Gasteiger partial charge < -0.3 is 14.5 Å². The fourth-order valence-electron chi connectivity index (χ4n) is 3.50. The molecule has 164 valence electrons. The quantitative estimate of drug-likeness (QED) is 0.584. The van der Waals surface area contributed by atoms with E-state index in [2.05, 4.69) is 4.98 Å². The first kappa shape index (κ1) is 21.8. The third kappa shape index (κ3) is 5.06. The minimum atomic E-state index is -0.492. The maximum absolute atomic E-state index is 13.3. The minimum absolute atomic E-state index is 0.0802. The van der Waals surface area contributed by atoms with Gasteiger partial charge >= 0.3 is 0 Å². The fraction of sp³-hybridized carbons (Fsp3) is 0.208. The van der Waals surface area contributed by atoms with Gasteiger partial charge in [-0.15, -0.1) is 0 Å². The summed E-state index contributed by atoms with van der Waals surface area (Å²) < 4.78 is 19.0. The molecule has 2 heterocycles. The molecule has 3 aromatic rings. The minimum Gasteiger partial charge on any atom is -0.489 e. The van der Waals surface area contributed by atoms with Crippen molar-refractivity contribution in [3.63, 3.8) is 0 Å². The molecule has 0 unspecified atom stereocenters. The molecule has 8 heteroatoms. The van der Waals surface area contributed by atoms with Gasteiger partial charge in [-0.3, -0.25) is 14.6 Å². The van der Waals surface area contributed by atoms with Gasteiger partial charge in [0, 0.05) is 49.7 Å². The van der Waals surface area contributed by atoms with E-state index < -0.39 is 5.82 Å². The van der Waals surface area contributed by atoms with Gasteiger partial charge in [-0.1, -0.05) is 23.7 Å². The molecule has 2 aromatic carbocycles. The molecule has 0 aliphatic carbocycles. The number of aromatic nitrogens is 1. The Bertz CT molecular complexity index is 1120. The predicted octanol–water partition coefficient (Wildman–Crippen LogP) is 4.05. The Labute approximate surface area is 190 Å². The number of rotatable bonds is 5. The van der Waals surface area contributed by atoms with Crippen molar-refractivity contribution in [1.82, 2.24) is 14.8 Å². The van der Waals surface area contributed by atoms with Gasteiger partial charge in [0.2, 0.25) is 0 Å². The standard InChI is InChI=1S/C24H21ClFN3O3/c25-22-14-19(26)6-7-21(22)24(31)29-11-9-28(10-12-29)23(30)18-4-1-5-20(13-18)32-16-17-3-2-8-27-15-17/h1-8,13-15H,9-12,16H2. The molecule has 0 bridgehead atoms. The Kier molecular flexibility index (Phi) is 6.66. The number of nitrogens with zero attached hydrogens (tertiary/aromatic N) is 3. The number of hydrogen-bond donors (Lipinski definition) is 0. The van der Waals surface area contributed by atoms with Crippen LogP contribution in [0.2, 0.25) is 5.02 Å². The van der Waals surface area contributed by atoms with Crippen molar-refractivity contribution in [2.45, 2.75) is 6.61 Å². The van der Waals surface area contributed by atoms with Crippen LogP contribution in [-0.4, -0.2) is 52.8 Å². The van der Waals surface area contributed by atoms with Gasteiger partial charge in [0.15, 0.2) is 0 Å². The van der Waals surface area contributed by atoms with Crippen molar-refractivity contribution in [3.8, 4) is 5.75 Å². The molecular formula is C24H21ClFN3O3. The van der Waals surface area contributed by atoms with Crippen molar-refractivity contribution in [2.75, 3.05) is 26.2 Å². The molecule has 1 aromatic heterocycles. The molecule has 0 radical (unpaired) electrons. The van der Waals surface area contributed by atoms with E-state index in [9.17, 15) is 14.0 Å². The molecule has 0 spiro atoms. The summed E-state index contributed by atoms with van der Waals surface area (Å²) in [6, 6.07) is 14.5. The van der Waals surface area contributed by atoms with Crippen LogP contribution in [0, 0.1) is 5.82 Å². The third-order valence-corrected chi connectivity index (χ3v) is 5.54. The average molecular weight is 454 g/mol. The molecule has 4 rings (SSSR count). The largest absolute Gasteiger partial charge is 0.489 e. The Hall–Kier alpha value is -3.45. The number of piperazine rings is 1. The molecule has 1 fully saturated rings. The van der Waals surface area contributed by atoms with Gasteiger partial charge in [-0.05, 0) is 42.5 Å². The number of pyridine rings is 1. The van der Waals surface area contributed by atoms with Crippen LogP contribution in [0.5, 0.6) is 5.75 Å². The lowest BCUT2D eigenvalue weighted by Crippen LogP contribution is -2.50. The predicted molar refractivity (Wildman–Crippen MR) is 118 cm³/mol. The monoisotopic (exact) mass is 453 g/mol. The number of carbonyl (C=O) groups excluding carboxylic acids is 2. The second kappa shape index (κ2) is 9.78. The van der Waals surface area contributed by atoms with Crippen LogP contribution in [0.3, 0.4) is 0 Å². The van der Waals surface area contributed by atoms with Crippen molar-refractivity contribution >= 4 is 23.4 Å². The topological polar surface area (TPSA) is 62.7 Å². The van der Waals surface area contributed by atoms with E-state index >= 15 is 0 Å². The lowest BCUT2D eigenvalue weighted by Gasteiger charge is -2.35. The van der Waals surface area contributed by atoms with E-state index in [4.69, 9.17) is 16.3 Å². The summed E-state index contributed by atoms with van der Waals surface area (Å²) in [5.41, 5.74) is 1.72. The number of benzene rings is 2. The Balaban J connectivity index is 1.35. The highest BCUT2D eigenvalue weighted by Crippen LogP contribution is 2.21. The normalized spacial score (nSPS) is 13.7. The number of hydrogen-bond acceptors (Lipinski definition) is 4. The van der Waals surface area contributed by atoms with Gasteiger partial charge in [0.1, 0.15) is 18.2 Å². The lowest BCUT2D eigenvalue weighted by molar-refractivity contribution is 0.0535. The maximum atomic E-state index is 13.3. The molecule has 2 amide bonds. The highest BCUT2D eigenvalue weighted by Gasteiger charge is 2.26. The summed E-state index contributed by atoms with van der Waals surface area (Å²) in [6.45, 7) is 1.89. The molecule has 32 heavy (non-hydrogen) atoms. The Morgan fingerprint density at radius 2 is 1.72 bits per heavy atom. The molecular weight excluding hydrogens is 433 g/mol. The highest BCUT2D eigenvalue weighted by atomic mass is 35.5. The van der Waals surface area contributed by atoms with Crippen LogP contribution in [0.15, 0.2) is 67.0 Å². The maximum Gasteiger partial charge on any atom is 0.255 e. The summed E-state index contributed by atoms with van der Waals surface area (Å²) in [7, 11) is 0. The van der Waals surface area contributed by atoms with E-state index in [1.807, 2.05) is 12.1 Å². The zero-order chi connectivity index (χ0) is 22.5. The lowest BCUT2D eigenvalue weighted by atomic mass is 10.1. The Morgan fingerprint density at radius 1 is 0.969 bits per heavy atom. The molecule has 1 aliphatic heterocycles. The first-order valence-electron chi connectivity index (χ1n) is 10.2. The van der Waals surface area contributed by atoms with Gasteiger partial charge in [0.25, 0.3) is 11.8 Å². The van der Waals surface area contributed by atoms with Gasteiger partial charge in [-0.2, -0.15) is 0 Å². The zero-order valence-corrected chi connectivity index (χ0v) is 18.0. The van der Waals surface area contributed by atoms with E-state index in [0.29, 0.717) is 44.1 Å². The average Bonchev–Trinajstić information content (AvgIpc) is 2.83. The van der Waals surface area contributed by atoms with Crippen molar-refractivity contribution in [2.24, 2.45) is 0 Å². The fourth-order valence-corrected chi connectivity index (χ4v) is 3.75. The van der Waals surface area contributed by atoms with E-state index in [1.165, 1.54) is 12.1 Å². The summed E-state index contributed by atoms with van der Waals surface area (Å²) in [5.74, 6) is -0.287. The van der Waals surface area contributed by atoms with E-state index in [0.717, 1.165) is 11.6 Å². The summed E-state index contributed by atoms with van der Waals surface area (Å²) in [4.78, 5) is 33.0. The van der Waals surface area contributed by atoms with Crippen molar-refractivity contribution in [3.05, 3.63) is 94.5 Å². The molecule has 0 N–H and O–H groups in total. The SMILES string of the molecule is O=C(c1cccc(OCc2cccnc2)c1)N1CCN(C(=O)c2ccc(F)cc2Cl)CC1. The van der Waals surface area contributed by atoms with Crippen molar-refractivity contribution < 1.29 is 18.7 Å². The summed E-state index contributed by atoms with van der Waals surface area (Å²) in [5, 5.41) is 0.0802. The van der Waals surface area contributed by atoms with E-state index in [1.54, 1.807) is 46.5 Å². The van der Waals surface area contributed by atoms with Crippen LogP contribution in [0.25, 0.3) is 0 Å². The summed E-state index contributed by atoms with van der Waals surface area (Å²) >= 11 is 6.02. The first-order valence-corrected chi connectivity index (χ1v) is 10.5. The second-order valence-corrected chi connectivity index (χ2v) is 7.79. The molecule has 1 aliphatic rings. The van der Waals surface area contributed by atoms with Crippen LogP contribution in [-0.2, 0) is 6.61 Å². The zero-order valence-electron chi connectivity index (χ0n) is 17.2. The van der Waals surface area contributed by atoms with Gasteiger partial charge in [-0.25, -0.2) is 4.39 Å². The number of carbonyl (C=O) groups is 2. The molecule has 0 saturated carbocycles. The van der Waals surface area contributed by atoms with Gasteiger partial charge in [0.05, 0.1) is 10.6 Å².